The smallest absolute Gasteiger partial charge is 0.0705 e. The maximum absolute atomic E-state index is 4.68. The molecule has 96 valence electrons. The molecule has 0 bridgehead atoms. The number of hydrogen-bond donors (Lipinski definition) is 1. The molecule has 0 amide bonds. The fourth-order valence-electron chi connectivity index (χ4n) is 1.98. The van der Waals surface area contributed by atoms with Crippen LogP contribution >= 0.6 is 0 Å². The Balaban J connectivity index is 1.92. The molecule has 0 aliphatic carbocycles. The van der Waals surface area contributed by atoms with Gasteiger partial charge in [-0.2, -0.15) is 0 Å². The topological polar surface area (TPSA) is 24.9 Å². The van der Waals surface area contributed by atoms with Gasteiger partial charge in [-0.25, -0.2) is 0 Å². The molecule has 0 fully saturated rings. The Hall–Kier alpha value is -1.41. The summed E-state index contributed by atoms with van der Waals surface area (Å²) in [5.41, 5.74) is 2.49. The van der Waals surface area contributed by atoms with Gasteiger partial charge in [0.2, 0.25) is 0 Å². The first kappa shape index (κ1) is 13.0. The van der Waals surface area contributed by atoms with Gasteiger partial charge in [-0.05, 0) is 52.3 Å². The summed E-state index contributed by atoms with van der Waals surface area (Å²) >= 11 is 0. The highest BCUT2D eigenvalue weighted by atomic mass is 14.9. The Kier molecular flexibility index (Phi) is 3.97. The Morgan fingerprint density at radius 1 is 1.06 bits per heavy atom. The van der Waals surface area contributed by atoms with E-state index in [1.165, 1.54) is 11.1 Å². The monoisotopic (exact) mass is 242 g/mol. The van der Waals surface area contributed by atoms with Crippen molar-refractivity contribution in [1.82, 2.24) is 10.3 Å². The van der Waals surface area contributed by atoms with E-state index in [9.17, 15) is 0 Å². The quantitative estimate of drug-likeness (QED) is 0.829. The Morgan fingerprint density at radius 3 is 2.61 bits per heavy atom. The summed E-state index contributed by atoms with van der Waals surface area (Å²) in [5.74, 6) is 0. The molecule has 2 heteroatoms. The van der Waals surface area contributed by atoms with Crippen LogP contribution in [-0.2, 0) is 6.42 Å². The van der Waals surface area contributed by atoms with E-state index in [1.54, 1.807) is 0 Å². The minimum absolute atomic E-state index is 0.205. The van der Waals surface area contributed by atoms with Crippen molar-refractivity contribution in [2.24, 2.45) is 0 Å². The van der Waals surface area contributed by atoms with Crippen molar-refractivity contribution < 1.29 is 0 Å². The Morgan fingerprint density at radius 2 is 1.83 bits per heavy atom. The molecule has 1 aromatic carbocycles. The number of aromatic nitrogens is 1. The fraction of sp³-hybridized carbons (Fsp3) is 0.438. The van der Waals surface area contributed by atoms with E-state index < -0.39 is 0 Å². The molecule has 2 aromatic rings. The first-order valence-electron chi connectivity index (χ1n) is 6.64. The van der Waals surface area contributed by atoms with Crippen LogP contribution in [0.3, 0.4) is 0 Å². The molecule has 0 spiro atoms. The van der Waals surface area contributed by atoms with Crippen LogP contribution < -0.4 is 5.32 Å². The highest BCUT2D eigenvalue weighted by Gasteiger charge is 2.07. The van der Waals surface area contributed by atoms with E-state index in [0.29, 0.717) is 0 Å². The lowest BCUT2D eigenvalue weighted by Crippen LogP contribution is -2.36. The molecule has 1 aromatic heterocycles. The van der Waals surface area contributed by atoms with E-state index in [-0.39, 0.29) is 5.54 Å². The normalized spacial score (nSPS) is 11.9. The van der Waals surface area contributed by atoms with Crippen LogP contribution in [0.1, 0.15) is 32.9 Å². The fourth-order valence-corrected chi connectivity index (χ4v) is 1.98. The van der Waals surface area contributed by atoms with Crippen LogP contribution in [-0.4, -0.2) is 17.1 Å². The van der Waals surface area contributed by atoms with E-state index in [0.717, 1.165) is 24.9 Å². The van der Waals surface area contributed by atoms with Gasteiger partial charge in [0.05, 0.1) is 5.52 Å². The van der Waals surface area contributed by atoms with Gasteiger partial charge >= 0.3 is 0 Å². The maximum Gasteiger partial charge on any atom is 0.0705 e. The molecule has 18 heavy (non-hydrogen) atoms. The van der Waals surface area contributed by atoms with Gasteiger partial charge in [-0.15, -0.1) is 0 Å². The number of hydrogen-bond acceptors (Lipinski definition) is 2. The highest BCUT2D eigenvalue weighted by molar-refractivity contribution is 5.78. The number of rotatable bonds is 4. The van der Waals surface area contributed by atoms with Gasteiger partial charge in [0, 0.05) is 16.6 Å². The summed E-state index contributed by atoms with van der Waals surface area (Å²) < 4.78 is 0. The van der Waals surface area contributed by atoms with Gasteiger partial charge < -0.3 is 5.32 Å². The summed E-state index contributed by atoms with van der Waals surface area (Å²) in [4.78, 5) is 4.68. The van der Waals surface area contributed by atoms with Crippen molar-refractivity contribution in [1.29, 1.82) is 0 Å². The Bertz CT molecular complexity index is 512. The highest BCUT2D eigenvalue weighted by Crippen LogP contribution is 2.12. The second-order valence-electron chi connectivity index (χ2n) is 5.78. The van der Waals surface area contributed by atoms with Gasteiger partial charge in [0.25, 0.3) is 0 Å². The van der Waals surface area contributed by atoms with Crippen LogP contribution in [0, 0.1) is 0 Å². The molecule has 0 saturated carbocycles. The third kappa shape index (κ3) is 3.81. The van der Waals surface area contributed by atoms with Gasteiger partial charge in [0.1, 0.15) is 0 Å². The summed E-state index contributed by atoms with van der Waals surface area (Å²) in [5, 5.41) is 4.72. The summed E-state index contributed by atoms with van der Waals surface area (Å²) in [6, 6.07) is 12.6. The van der Waals surface area contributed by atoms with Gasteiger partial charge in [0.15, 0.2) is 0 Å². The molecule has 0 unspecified atom stereocenters. The molecule has 0 saturated heterocycles. The number of nitrogens with one attached hydrogen (secondary N) is 1. The summed E-state index contributed by atoms with van der Waals surface area (Å²) in [7, 11) is 0. The number of pyridine rings is 1. The molecule has 0 radical (unpaired) electrons. The zero-order valence-corrected chi connectivity index (χ0v) is 11.5. The largest absolute Gasteiger partial charge is 0.312 e. The standard InChI is InChI=1S/C16H22N2/c1-16(2,3)17-12-6-8-14-11-10-13-7-4-5-9-15(13)18-14/h4-5,7,9-11,17H,6,8,12H2,1-3H3. The molecule has 1 heterocycles. The van der Waals surface area contributed by atoms with Crippen LogP contribution in [0.5, 0.6) is 0 Å². The number of fused-ring (bicyclic) bond motifs is 1. The SMILES string of the molecule is CC(C)(C)NCCCc1ccc2ccccc2n1. The number of para-hydroxylation sites is 1. The number of aryl methyl sites for hydroxylation is 1. The molecule has 2 rings (SSSR count). The molecular formula is C16H22N2. The first-order chi connectivity index (χ1) is 8.54. The predicted octanol–water partition coefficient (Wildman–Crippen LogP) is 3.56. The maximum atomic E-state index is 4.68. The predicted molar refractivity (Wildman–Crippen MR) is 77.8 cm³/mol. The molecule has 0 aliphatic heterocycles. The lowest BCUT2D eigenvalue weighted by molar-refractivity contribution is 0.422. The van der Waals surface area contributed by atoms with Gasteiger partial charge in [-0.1, -0.05) is 24.3 Å². The van der Waals surface area contributed by atoms with E-state index >= 15 is 0 Å². The summed E-state index contributed by atoms with van der Waals surface area (Å²) in [6.07, 6.45) is 2.16. The minimum Gasteiger partial charge on any atom is -0.312 e. The van der Waals surface area contributed by atoms with Crippen LogP contribution in [0.25, 0.3) is 10.9 Å². The molecular weight excluding hydrogens is 220 g/mol. The minimum atomic E-state index is 0.205. The third-order valence-corrected chi connectivity index (χ3v) is 2.92. The Labute approximate surface area is 109 Å². The van der Waals surface area contributed by atoms with Crippen LogP contribution in [0.4, 0.5) is 0 Å². The van der Waals surface area contributed by atoms with E-state index in [2.05, 4.69) is 61.4 Å². The van der Waals surface area contributed by atoms with E-state index in [4.69, 9.17) is 0 Å². The van der Waals surface area contributed by atoms with Crippen molar-refractivity contribution in [2.45, 2.75) is 39.2 Å². The van der Waals surface area contributed by atoms with Crippen molar-refractivity contribution >= 4 is 10.9 Å². The van der Waals surface area contributed by atoms with Crippen molar-refractivity contribution in [2.75, 3.05) is 6.54 Å². The molecule has 0 atom stereocenters. The van der Waals surface area contributed by atoms with Crippen molar-refractivity contribution in [3.8, 4) is 0 Å². The first-order valence-corrected chi connectivity index (χ1v) is 6.64. The van der Waals surface area contributed by atoms with Crippen LogP contribution in [0.2, 0.25) is 0 Å². The second-order valence-corrected chi connectivity index (χ2v) is 5.78. The zero-order chi connectivity index (χ0) is 13.0. The average molecular weight is 242 g/mol. The lowest BCUT2D eigenvalue weighted by atomic mass is 10.1. The van der Waals surface area contributed by atoms with Gasteiger partial charge in [-0.3, -0.25) is 4.98 Å². The molecule has 0 aliphatic rings. The van der Waals surface area contributed by atoms with E-state index in [1.807, 2.05) is 6.07 Å². The second kappa shape index (κ2) is 5.49. The van der Waals surface area contributed by atoms with Crippen molar-refractivity contribution in [3.63, 3.8) is 0 Å². The van der Waals surface area contributed by atoms with Crippen molar-refractivity contribution in [3.05, 3.63) is 42.1 Å². The summed E-state index contributed by atoms with van der Waals surface area (Å²) in [6.45, 7) is 7.63. The lowest BCUT2D eigenvalue weighted by Gasteiger charge is -2.20. The average Bonchev–Trinajstić information content (AvgIpc) is 2.33. The van der Waals surface area contributed by atoms with Crippen LogP contribution in [0.15, 0.2) is 36.4 Å². The number of benzene rings is 1. The molecule has 2 nitrogen and oxygen atoms in total. The zero-order valence-electron chi connectivity index (χ0n) is 11.5. The number of nitrogens with zero attached hydrogens (tertiary/aromatic N) is 1. The molecule has 1 N–H and O–H groups in total. The third-order valence-electron chi connectivity index (χ3n) is 2.92.